The molecule has 31 heavy (non-hydrogen) atoms. The molecule has 2 aliphatic rings. The first kappa shape index (κ1) is 21.7. The molecule has 0 spiro atoms. The van der Waals surface area contributed by atoms with Gasteiger partial charge in [0, 0.05) is 51.4 Å². The number of methoxy groups -OCH3 is 2. The van der Waals surface area contributed by atoms with Gasteiger partial charge in [0.1, 0.15) is 24.7 Å². The number of benzene rings is 2. The zero-order valence-corrected chi connectivity index (χ0v) is 18.4. The van der Waals surface area contributed by atoms with Crippen molar-refractivity contribution in [3.63, 3.8) is 0 Å². The van der Waals surface area contributed by atoms with E-state index in [1.165, 1.54) is 5.56 Å². The maximum Gasteiger partial charge on any atom is 0.161 e. The topological polar surface area (TPSA) is 63.6 Å². The first-order valence-corrected chi connectivity index (χ1v) is 10.9. The Kier molecular flexibility index (Phi) is 7.17. The third kappa shape index (κ3) is 5.42. The Morgan fingerprint density at radius 2 is 1.65 bits per heavy atom. The van der Waals surface area contributed by atoms with Crippen LogP contribution in [0.15, 0.2) is 36.4 Å². The highest BCUT2D eigenvalue weighted by Gasteiger charge is 2.27. The normalized spacial score (nSPS) is 19.3. The average molecular weight is 429 g/mol. The van der Waals surface area contributed by atoms with Crippen LogP contribution in [0.2, 0.25) is 0 Å². The molecular weight excluding hydrogens is 396 g/mol. The Balaban J connectivity index is 1.41. The second-order valence-corrected chi connectivity index (χ2v) is 8.07. The van der Waals surface area contributed by atoms with Crippen LogP contribution in [0.25, 0.3) is 0 Å². The van der Waals surface area contributed by atoms with Gasteiger partial charge in [0.25, 0.3) is 0 Å². The van der Waals surface area contributed by atoms with Crippen molar-refractivity contribution >= 4 is 0 Å². The molecule has 2 aromatic carbocycles. The molecule has 1 N–H and O–H groups in total. The van der Waals surface area contributed by atoms with Crippen LogP contribution < -0.4 is 18.9 Å². The summed E-state index contributed by atoms with van der Waals surface area (Å²) >= 11 is 0. The molecule has 0 radical (unpaired) electrons. The summed E-state index contributed by atoms with van der Waals surface area (Å²) in [7, 11) is 3.34. The van der Waals surface area contributed by atoms with E-state index in [2.05, 4.69) is 34.1 Å². The van der Waals surface area contributed by atoms with E-state index < -0.39 is 0 Å². The fourth-order valence-corrected chi connectivity index (χ4v) is 4.37. The molecule has 0 amide bonds. The van der Waals surface area contributed by atoms with Crippen LogP contribution >= 0.6 is 0 Å². The summed E-state index contributed by atoms with van der Waals surface area (Å²) in [4.78, 5) is 4.90. The molecule has 0 unspecified atom stereocenters. The fourth-order valence-electron chi connectivity index (χ4n) is 4.37. The largest absolute Gasteiger partial charge is 0.497 e. The summed E-state index contributed by atoms with van der Waals surface area (Å²) < 4.78 is 22.2. The van der Waals surface area contributed by atoms with Crippen molar-refractivity contribution in [1.29, 1.82) is 0 Å². The second-order valence-electron chi connectivity index (χ2n) is 8.07. The number of fused-ring (bicyclic) bond motifs is 1. The number of piperazine rings is 1. The predicted octanol–water partition coefficient (Wildman–Crippen LogP) is 2.54. The highest BCUT2D eigenvalue weighted by Crippen LogP contribution is 2.31. The lowest BCUT2D eigenvalue weighted by Crippen LogP contribution is -2.52. The highest BCUT2D eigenvalue weighted by atomic mass is 16.6. The molecule has 0 aromatic heterocycles. The van der Waals surface area contributed by atoms with E-state index in [1.54, 1.807) is 14.2 Å². The fraction of sp³-hybridized carbons (Fsp3) is 0.500. The maximum absolute atomic E-state index is 9.66. The van der Waals surface area contributed by atoms with Crippen LogP contribution in [0.1, 0.15) is 17.5 Å². The summed E-state index contributed by atoms with van der Waals surface area (Å²) in [5.74, 6) is 3.25. The lowest BCUT2D eigenvalue weighted by molar-refractivity contribution is 0.0498. The van der Waals surface area contributed by atoms with Crippen LogP contribution in [0, 0.1) is 0 Å². The van der Waals surface area contributed by atoms with Crippen LogP contribution in [0.4, 0.5) is 0 Å². The van der Waals surface area contributed by atoms with Crippen molar-refractivity contribution in [2.75, 3.05) is 53.7 Å². The molecular formula is C24H32N2O5. The lowest BCUT2D eigenvalue weighted by Gasteiger charge is -2.41. The van der Waals surface area contributed by atoms with E-state index in [9.17, 15) is 5.11 Å². The van der Waals surface area contributed by atoms with Crippen molar-refractivity contribution in [3.05, 3.63) is 47.5 Å². The van der Waals surface area contributed by atoms with Gasteiger partial charge in [0.05, 0.1) is 14.2 Å². The van der Waals surface area contributed by atoms with Gasteiger partial charge in [-0.2, -0.15) is 0 Å². The van der Waals surface area contributed by atoms with Gasteiger partial charge < -0.3 is 24.1 Å². The van der Waals surface area contributed by atoms with Crippen molar-refractivity contribution in [2.24, 2.45) is 0 Å². The van der Waals surface area contributed by atoms with E-state index in [0.29, 0.717) is 13.2 Å². The van der Waals surface area contributed by atoms with Crippen LogP contribution in [-0.4, -0.2) is 74.6 Å². The number of aliphatic hydroxyl groups is 1. The van der Waals surface area contributed by atoms with E-state index in [4.69, 9.17) is 18.9 Å². The molecule has 2 aliphatic heterocycles. The van der Waals surface area contributed by atoms with Crippen LogP contribution in [-0.2, 0) is 13.1 Å². The van der Waals surface area contributed by atoms with Gasteiger partial charge in [-0.25, -0.2) is 0 Å². The van der Waals surface area contributed by atoms with E-state index in [0.717, 1.165) is 67.7 Å². The van der Waals surface area contributed by atoms with Gasteiger partial charge in [0.15, 0.2) is 11.5 Å². The SMILES string of the molecule is COc1cc(CN2CCN(Cc3ccc4c(c3)OCCO4)C[C@H]2CCO)cc(OC)c1. The second kappa shape index (κ2) is 10.2. The third-order valence-electron chi connectivity index (χ3n) is 5.96. The molecule has 0 aliphatic carbocycles. The van der Waals surface area contributed by atoms with Crippen molar-refractivity contribution in [1.82, 2.24) is 9.80 Å². The minimum atomic E-state index is 0.181. The van der Waals surface area contributed by atoms with Crippen LogP contribution in [0.5, 0.6) is 23.0 Å². The van der Waals surface area contributed by atoms with Gasteiger partial charge in [-0.15, -0.1) is 0 Å². The van der Waals surface area contributed by atoms with Crippen molar-refractivity contribution in [3.8, 4) is 23.0 Å². The van der Waals surface area contributed by atoms with Crippen LogP contribution in [0.3, 0.4) is 0 Å². The number of nitrogens with zero attached hydrogens (tertiary/aromatic N) is 2. The molecule has 2 heterocycles. The standard InChI is InChI=1S/C24H32N2O5/c1-28-21-11-19(12-22(14-21)29-2)16-26-7-6-25(17-20(26)5-8-27)15-18-3-4-23-24(13-18)31-10-9-30-23/h3-4,11-14,20,27H,5-10,15-17H2,1-2H3/t20-/m1/s1. The first-order chi connectivity index (χ1) is 15.2. The average Bonchev–Trinajstić information content (AvgIpc) is 2.80. The van der Waals surface area contributed by atoms with E-state index in [1.807, 2.05) is 12.1 Å². The molecule has 1 atom stereocenters. The van der Waals surface area contributed by atoms with Gasteiger partial charge in [-0.05, 0) is 41.8 Å². The lowest BCUT2D eigenvalue weighted by atomic mass is 10.1. The van der Waals surface area contributed by atoms with Gasteiger partial charge >= 0.3 is 0 Å². The minimum Gasteiger partial charge on any atom is -0.497 e. The smallest absolute Gasteiger partial charge is 0.161 e. The summed E-state index contributed by atoms with van der Waals surface area (Å²) in [6, 6.07) is 12.5. The minimum absolute atomic E-state index is 0.181. The predicted molar refractivity (Wildman–Crippen MR) is 118 cm³/mol. The number of hydrogen-bond acceptors (Lipinski definition) is 7. The Hall–Kier alpha value is -2.48. The first-order valence-electron chi connectivity index (χ1n) is 10.9. The number of rotatable bonds is 8. The van der Waals surface area contributed by atoms with Gasteiger partial charge in [-0.3, -0.25) is 9.80 Å². The van der Waals surface area contributed by atoms with E-state index >= 15 is 0 Å². The number of hydrogen-bond donors (Lipinski definition) is 1. The molecule has 168 valence electrons. The third-order valence-corrected chi connectivity index (χ3v) is 5.96. The molecule has 0 saturated carbocycles. The molecule has 0 bridgehead atoms. The summed E-state index contributed by atoms with van der Waals surface area (Å²) in [6.07, 6.45) is 0.749. The van der Waals surface area contributed by atoms with E-state index in [-0.39, 0.29) is 12.6 Å². The van der Waals surface area contributed by atoms with Crippen molar-refractivity contribution in [2.45, 2.75) is 25.6 Å². The van der Waals surface area contributed by atoms with Crippen molar-refractivity contribution < 1.29 is 24.1 Å². The molecule has 1 saturated heterocycles. The zero-order valence-electron chi connectivity index (χ0n) is 18.4. The Morgan fingerprint density at radius 3 is 2.35 bits per heavy atom. The Labute approximate surface area is 184 Å². The molecule has 1 fully saturated rings. The molecule has 7 heteroatoms. The molecule has 2 aromatic rings. The molecule has 7 nitrogen and oxygen atoms in total. The number of ether oxygens (including phenoxy) is 4. The quantitative estimate of drug-likeness (QED) is 0.693. The summed E-state index contributed by atoms with van der Waals surface area (Å²) in [5.41, 5.74) is 2.37. The summed E-state index contributed by atoms with van der Waals surface area (Å²) in [5, 5.41) is 9.66. The number of aliphatic hydroxyl groups excluding tert-OH is 1. The highest BCUT2D eigenvalue weighted by molar-refractivity contribution is 5.43. The Morgan fingerprint density at radius 1 is 0.903 bits per heavy atom. The molecule has 4 rings (SSSR count). The Bertz CT molecular complexity index is 853. The zero-order chi connectivity index (χ0) is 21.6. The van der Waals surface area contributed by atoms with Gasteiger partial charge in [-0.1, -0.05) is 6.07 Å². The monoisotopic (exact) mass is 428 g/mol. The maximum atomic E-state index is 9.66. The van der Waals surface area contributed by atoms with Gasteiger partial charge in [0.2, 0.25) is 0 Å². The summed E-state index contributed by atoms with van der Waals surface area (Å²) in [6.45, 7) is 5.87.